The van der Waals surface area contributed by atoms with Gasteiger partial charge in [-0.05, 0) is 63.4 Å². The maximum atomic E-state index is 12.6. The van der Waals surface area contributed by atoms with Crippen molar-refractivity contribution >= 4 is 18.1 Å². The van der Waals surface area contributed by atoms with Crippen molar-refractivity contribution in [1.82, 2.24) is 19.7 Å². The molecule has 2 aromatic rings. The summed E-state index contributed by atoms with van der Waals surface area (Å²) < 4.78 is 2.76. The third-order valence-corrected chi connectivity index (χ3v) is 5.73. The predicted octanol–water partition coefficient (Wildman–Crippen LogP) is 3.92. The maximum Gasteiger partial charge on any atom is 0.222 e. The van der Waals surface area contributed by atoms with E-state index >= 15 is 0 Å². The summed E-state index contributed by atoms with van der Waals surface area (Å²) in [5.74, 6) is 1.68. The zero-order valence-corrected chi connectivity index (χ0v) is 16.7. The Balaban J connectivity index is 1.54. The Bertz CT molecular complexity index is 831. The number of nitrogens with zero attached hydrogens (tertiary/aromatic N) is 3. The first-order chi connectivity index (χ1) is 12.5. The number of benzene rings is 1. The second-order valence-electron chi connectivity index (χ2n) is 7.22. The molecule has 0 atom stereocenters. The van der Waals surface area contributed by atoms with Crippen molar-refractivity contribution in [3.8, 4) is 0 Å². The van der Waals surface area contributed by atoms with E-state index in [9.17, 15) is 4.79 Å². The lowest BCUT2D eigenvalue weighted by Crippen LogP contribution is -2.38. The number of H-pyrrole nitrogens is 1. The molecular weight excluding hydrogens is 344 g/mol. The number of hydrogen-bond donors (Lipinski definition) is 1. The van der Waals surface area contributed by atoms with Crippen LogP contribution in [0.4, 0.5) is 0 Å². The van der Waals surface area contributed by atoms with Crippen LogP contribution in [0.3, 0.4) is 0 Å². The lowest BCUT2D eigenvalue weighted by molar-refractivity contribution is -0.132. The number of aromatic nitrogens is 3. The van der Waals surface area contributed by atoms with Crippen LogP contribution in [0.2, 0.25) is 0 Å². The Morgan fingerprint density at radius 3 is 2.69 bits per heavy atom. The van der Waals surface area contributed by atoms with Gasteiger partial charge in [0.2, 0.25) is 5.91 Å². The van der Waals surface area contributed by atoms with E-state index in [-0.39, 0.29) is 5.91 Å². The van der Waals surface area contributed by atoms with Gasteiger partial charge in [0.15, 0.2) is 4.77 Å². The monoisotopic (exact) mass is 372 g/mol. The Morgan fingerprint density at radius 2 is 2.04 bits per heavy atom. The van der Waals surface area contributed by atoms with Gasteiger partial charge in [0, 0.05) is 32.0 Å². The van der Waals surface area contributed by atoms with Gasteiger partial charge in [-0.1, -0.05) is 23.8 Å². The van der Waals surface area contributed by atoms with E-state index in [2.05, 4.69) is 53.7 Å². The van der Waals surface area contributed by atoms with Gasteiger partial charge in [0.05, 0.1) is 0 Å². The summed E-state index contributed by atoms with van der Waals surface area (Å²) in [5.41, 5.74) is 3.82. The minimum Gasteiger partial charge on any atom is -0.343 e. The molecule has 1 saturated heterocycles. The number of carbonyl (C=O) groups excluding carboxylic acids is 1. The molecule has 1 aromatic heterocycles. The highest BCUT2D eigenvalue weighted by molar-refractivity contribution is 7.71. The highest BCUT2D eigenvalue weighted by atomic mass is 32.1. The minimum absolute atomic E-state index is 0.262. The van der Waals surface area contributed by atoms with E-state index in [1.54, 1.807) is 0 Å². The Kier molecular flexibility index (Phi) is 5.91. The average Bonchev–Trinajstić information content (AvgIpc) is 3.01. The fraction of sp³-hybridized carbons (Fsp3) is 0.550. The summed E-state index contributed by atoms with van der Waals surface area (Å²) in [6, 6.07) is 6.46. The Hall–Kier alpha value is -1.95. The van der Waals surface area contributed by atoms with Gasteiger partial charge in [0.25, 0.3) is 0 Å². The minimum atomic E-state index is 0.262. The van der Waals surface area contributed by atoms with Crippen LogP contribution < -0.4 is 0 Å². The normalized spacial score (nSPS) is 15.4. The summed E-state index contributed by atoms with van der Waals surface area (Å²) in [7, 11) is 0. The number of nitrogens with one attached hydrogen (secondary N) is 1. The summed E-state index contributed by atoms with van der Waals surface area (Å²) in [5, 5.41) is 7.32. The molecule has 1 aromatic carbocycles. The van der Waals surface area contributed by atoms with Crippen LogP contribution in [0.25, 0.3) is 0 Å². The molecule has 1 fully saturated rings. The molecule has 26 heavy (non-hydrogen) atoms. The number of likely N-dealkylation sites (tertiary alicyclic amines) is 1. The molecule has 1 aliphatic rings. The van der Waals surface area contributed by atoms with Crippen LogP contribution in [0.1, 0.15) is 54.6 Å². The molecule has 6 heteroatoms. The van der Waals surface area contributed by atoms with Gasteiger partial charge in [-0.25, -0.2) is 0 Å². The number of amides is 1. The maximum absolute atomic E-state index is 12.6. The van der Waals surface area contributed by atoms with Crippen molar-refractivity contribution in [2.24, 2.45) is 0 Å². The van der Waals surface area contributed by atoms with Crippen molar-refractivity contribution in [1.29, 1.82) is 0 Å². The predicted molar refractivity (Wildman–Crippen MR) is 106 cm³/mol. The molecule has 0 radical (unpaired) electrons. The lowest BCUT2D eigenvalue weighted by Gasteiger charge is -2.31. The van der Waals surface area contributed by atoms with Gasteiger partial charge in [0.1, 0.15) is 5.82 Å². The number of rotatable bonds is 5. The molecule has 1 aliphatic heterocycles. The number of carbonyl (C=O) groups is 1. The largest absolute Gasteiger partial charge is 0.343 e. The summed E-state index contributed by atoms with van der Waals surface area (Å²) >= 11 is 5.29. The molecule has 0 aliphatic carbocycles. The van der Waals surface area contributed by atoms with Gasteiger partial charge in [-0.2, -0.15) is 5.10 Å². The van der Waals surface area contributed by atoms with Crippen molar-refractivity contribution in [3.05, 3.63) is 45.5 Å². The number of piperidine rings is 1. The number of aromatic amines is 1. The molecule has 0 saturated carbocycles. The Morgan fingerprint density at radius 1 is 1.31 bits per heavy atom. The second kappa shape index (κ2) is 8.16. The second-order valence-corrected chi connectivity index (χ2v) is 7.60. The molecule has 5 nitrogen and oxygen atoms in total. The molecule has 2 heterocycles. The summed E-state index contributed by atoms with van der Waals surface area (Å²) in [6.45, 7) is 8.75. The van der Waals surface area contributed by atoms with Crippen LogP contribution in [-0.2, 0) is 17.8 Å². The van der Waals surface area contributed by atoms with E-state index in [4.69, 9.17) is 12.2 Å². The first kappa shape index (κ1) is 18.8. The van der Waals surface area contributed by atoms with Crippen LogP contribution in [0, 0.1) is 18.6 Å². The molecule has 3 rings (SSSR count). The third kappa shape index (κ3) is 4.06. The molecule has 0 unspecified atom stereocenters. The zero-order chi connectivity index (χ0) is 18.7. The fourth-order valence-corrected chi connectivity index (χ4v) is 4.13. The fourth-order valence-electron chi connectivity index (χ4n) is 3.86. The van der Waals surface area contributed by atoms with E-state index in [1.165, 1.54) is 16.7 Å². The van der Waals surface area contributed by atoms with Crippen LogP contribution in [0.15, 0.2) is 18.2 Å². The van der Waals surface area contributed by atoms with Gasteiger partial charge < -0.3 is 9.47 Å². The highest BCUT2D eigenvalue weighted by Gasteiger charge is 2.26. The topological polar surface area (TPSA) is 53.9 Å². The standard InChI is InChI=1S/C20H28N4OS/c1-4-24-19(21-22-20(24)26)17-9-11-23(12-10-17)18(25)8-7-16-6-5-14(2)13-15(16)3/h5-6,13,17H,4,7-12H2,1-3H3,(H,22,26). The van der Waals surface area contributed by atoms with E-state index in [0.29, 0.717) is 17.1 Å². The average molecular weight is 373 g/mol. The van der Waals surface area contributed by atoms with Gasteiger partial charge >= 0.3 is 0 Å². The Labute approximate surface area is 160 Å². The van der Waals surface area contributed by atoms with E-state index in [0.717, 1.165) is 44.7 Å². The van der Waals surface area contributed by atoms with Gasteiger partial charge in [-0.15, -0.1) is 0 Å². The zero-order valence-electron chi connectivity index (χ0n) is 15.9. The number of aryl methyl sites for hydroxylation is 3. The van der Waals surface area contributed by atoms with Crippen LogP contribution in [0.5, 0.6) is 0 Å². The summed E-state index contributed by atoms with van der Waals surface area (Å²) in [4.78, 5) is 14.6. The molecule has 1 N–H and O–H groups in total. The van der Waals surface area contributed by atoms with E-state index < -0.39 is 0 Å². The lowest BCUT2D eigenvalue weighted by atomic mass is 9.95. The first-order valence-electron chi connectivity index (χ1n) is 9.48. The van der Waals surface area contributed by atoms with Crippen LogP contribution >= 0.6 is 12.2 Å². The molecule has 140 valence electrons. The van der Waals surface area contributed by atoms with E-state index in [1.807, 2.05) is 4.90 Å². The quantitative estimate of drug-likeness (QED) is 0.810. The van der Waals surface area contributed by atoms with Crippen molar-refractivity contribution in [2.75, 3.05) is 13.1 Å². The molecule has 1 amide bonds. The highest BCUT2D eigenvalue weighted by Crippen LogP contribution is 2.27. The summed E-state index contributed by atoms with van der Waals surface area (Å²) in [6.07, 6.45) is 3.31. The first-order valence-corrected chi connectivity index (χ1v) is 9.89. The van der Waals surface area contributed by atoms with Crippen molar-refractivity contribution in [2.45, 2.75) is 58.9 Å². The SMILES string of the molecule is CCn1c(C2CCN(C(=O)CCc3ccc(C)cc3C)CC2)n[nH]c1=S. The molecular formula is C20H28N4OS. The molecule has 0 bridgehead atoms. The third-order valence-electron chi connectivity index (χ3n) is 5.42. The van der Waals surface area contributed by atoms with Crippen LogP contribution in [-0.4, -0.2) is 38.7 Å². The smallest absolute Gasteiger partial charge is 0.222 e. The van der Waals surface area contributed by atoms with Gasteiger partial charge in [-0.3, -0.25) is 9.89 Å². The number of hydrogen-bond acceptors (Lipinski definition) is 3. The van der Waals surface area contributed by atoms with Crippen molar-refractivity contribution in [3.63, 3.8) is 0 Å². The van der Waals surface area contributed by atoms with Crippen molar-refractivity contribution < 1.29 is 4.79 Å². The molecule has 0 spiro atoms.